The Morgan fingerprint density at radius 1 is 1.11 bits per heavy atom. The summed E-state index contributed by atoms with van der Waals surface area (Å²) < 4.78 is 0. The first-order valence-corrected chi connectivity index (χ1v) is 10.4. The third-order valence-corrected chi connectivity index (χ3v) is 6.20. The highest BCUT2D eigenvalue weighted by atomic mass is 32.2. The Bertz CT molecular complexity index is 1110. The molecule has 2 aromatic carbocycles. The third-order valence-electron chi connectivity index (χ3n) is 4.21. The largest absolute Gasteiger partial charge is 0.508 e. The van der Waals surface area contributed by atoms with Crippen LogP contribution in [0.5, 0.6) is 5.75 Å². The summed E-state index contributed by atoms with van der Waals surface area (Å²) in [5, 5.41) is 15.7. The zero-order valence-corrected chi connectivity index (χ0v) is 16.6. The molecule has 0 aliphatic carbocycles. The molecule has 2 N–H and O–H groups in total. The highest BCUT2D eigenvalue weighted by molar-refractivity contribution is 8.00. The number of thiophene rings is 1. The maximum atomic E-state index is 12.6. The van der Waals surface area contributed by atoms with Crippen molar-refractivity contribution in [2.45, 2.75) is 17.2 Å². The lowest BCUT2D eigenvalue weighted by Crippen LogP contribution is -2.22. The summed E-state index contributed by atoms with van der Waals surface area (Å²) in [6.45, 7) is 1.85. The highest BCUT2D eigenvalue weighted by Crippen LogP contribution is 2.39. The fraction of sp³-hybridized carbons (Fsp3) is 0.0952. The van der Waals surface area contributed by atoms with Gasteiger partial charge >= 0.3 is 0 Å². The van der Waals surface area contributed by atoms with Gasteiger partial charge in [0.1, 0.15) is 21.9 Å². The Labute approximate surface area is 170 Å². The lowest BCUT2D eigenvalue weighted by atomic mass is 10.1. The molecule has 4 aromatic rings. The van der Waals surface area contributed by atoms with Crippen LogP contribution in [0.2, 0.25) is 0 Å². The van der Waals surface area contributed by atoms with Crippen LogP contribution in [-0.4, -0.2) is 26.2 Å². The topological polar surface area (TPSA) is 75.1 Å². The number of phenolic OH excluding ortho intramolecular Hbond substituents is 1. The fourth-order valence-corrected chi connectivity index (χ4v) is 4.69. The van der Waals surface area contributed by atoms with Crippen molar-refractivity contribution < 1.29 is 9.90 Å². The van der Waals surface area contributed by atoms with Crippen molar-refractivity contribution in [3.05, 3.63) is 66.3 Å². The van der Waals surface area contributed by atoms with Crippen LogP contribution in [-0.2, 0) is 4.79 Å². The van der Waals surface area contributed by atoms with E-state index < -0.39 is 0 Å². The average Bonchev–Trinajstić information content (AvgIpc) is 3.15. The molecule has 1 unspecified atom stereocenters. The monoisotopic (exact) mass is 407 g/mol. The number of rotatable bonds is 5. The van der Waals surface area contributed by atoms with Gasteiger partial charge in [-0.1, -0.05) is 42.1 Å². The number of nitrogens with zero attached hydrogens (tertiary/aromatic N) is 2. The van der Waals surface area contributed by atoms with E-state index in [0.717, 1.165) is 26.4 Å². The number of hydrogen-bond acceptors (Lipinski definition) is 6. The van der Waals surface area contributed by atoms with Crippen LogP contribution in [0.4, 0.5) is 5.69 Å². The lowest BCUT2D eigenvalue weighted by molar-refractivity contribution is -0.115. The number of carbonyl (C=O) groups is 1. The number of carbonyl (C=O) groups excluding carboxylic acids is 1. The second-order valence-electron chi connectivity index (χ2n) is 6.17. The van der Waals surface area contributed by atoms with Gasteiger partial charge in [-0.25, -0.2) is 9.97 Å². The van der Waals surface area contributed by atoms with Crippen LogP contribution in [0, 0.1) is 0 Å². The third kappa shape index (κ3) is 3.85. The van der Waals surface area contributed by atoms with Gasteiger partial charge in [0.2, 0.25) is 5.91 Å². The van der Waals surface area contributed by atoms with E-state index in [1.807, 2.05) is 25.1 Å². The number of hydrogen-bond donors (Lipinski definition) is 2. The molecule has 0 radical (unpaired) electrons. The minimum Gasteiger partial charge on any atom is -0.508 e. The van der Waals surface area contributed by atoms with Crippen LogP contribution in [0.3, 0.4) is 0 Å². The Morgan fingerprint density at radius 2 is 1.86 bits per heavy atom. The van der Waals surface area contributed by atoms with Crippen LogP contribution in [0.1, 0.15) is 6.92 Å². The number of thioether (sulfide) groups is 1. The smallest absolute Gasteiger partial charge is 0.237 e. The molecule has 28 heavy (non-hydrogen) atoms. The molecule has 4 rings (SSSR count). The fourth-order valence-electron chi connectivity index (χ4n) is 2.78. The minimum atomic E-state index is -0.351. The van der Waals surface area contributed by atoms with E-state index in [1.54, 1.807) is 41.9 Å². The van der Waals surface area contributed by atoms with Crippen LogP contribution >= 0.6 is 23.1 Å². The number of aromatic hydroxyl groups is 1. The molecule has 7 heteroatoms. The maximum absolute atomic E-state index is 12.6. The molecule has 5 nitrogen and oxygen atoms in total. The molecule has 0 bridgehead atoms. The van der Waals surface area contributed by atoms with Crippen molar-refractivity contribution in [3.8, 4) is 16.9 Å². The first-order valence-electron chi connectivity index (χ1n) is 8.66. The summed E-state index contributed by atoms with van der Waals surface area (Å²) >= 11 is 2.98. The minimum absolute atomic E-state index is 0.126. The molecule has 2 heterocycles. The average molecular weight is 408 g/mol. The van der Waals surface area contributed by atoms with E-state index in [-0.39, 0.29) is 16.9 Å². The second-order valence-corrected chi connectivity index (χ2v) is 8.36. The molecule has 0 saturated heterocycles. The summed E-state index contributed by atoms with van der Waals surface area (Å²) in [7, 11) is 0. The standard InChI is InChI=1S/C21H17N3O2S2/c1-13(19(26)24-15-7-9-16(25)10-8-15)28-21-18-17(14-5-3-2-4-6-14)11-27-20(18)22-12-23-21/h2-13,25H,1H3,(H,24,26). The van der Waals surface area contributed by atoms with Gasteiger partial charge in [-0.05, 0) is 36.8 Å². The number of aromatic nitrogens is 2. The van der Waals surface area contributed by atoms with Gasteiger partial charge in [-0.2, -0.15) is 0 Å². The van der Waals surface area contributed by atoms with Gasteiger partial charge in [-0.15, -0.1) is 11.3 Å². The Hall–Kier alpha value is -2.90. The van der Waals surface area contributed by atoms with Gasteiger partial charge in [0.25, 0.3) is 0 Å². The summed E-state index contributed by atoms with van der Waals surface area (Å²) in [4.78, 5) is 22.3. The molecule has 1 amide bonds. The van der Waals surface area contributed by atoms with E-state index in [2.05, 4.69) is 32.8 Å². The van der Waals surface area contributed by atoms with E-state index in [9.17, 15) is 9.90 Å². The first kappa shape index (κ1) is 18.5. The Balaban J connectivity index is 1.59. The van der Waals surface area contributed by atoms with Crippen molar-refractivity contribution >= 4 is 44.9 Å². The molecule has 0 saturated carbocycles. The highest BCUT2D eigenvalue weighted by Gasteiger charge is 2.20. The van der Waals surface area contributed by atoms with Gasteiger partial charge < -0.3 is 10.4 Å². The van der Waals surface area contributed by atoms with E-state index in [1.165, 1.54) is 11.8 Å². The van der Waals surface area contributed by atoms with Crippen molar-refractivity contribution in [1.29, 1.82) is 0 Å². The van der Waals surface area contributed by atoms with Crippen molar-refractivity contribution in [2.24, 2.45) is 0 Å². The normalized spacial score (nSPS) is 12.0. The van der Waals surface area contributed by atoms with Gasteiger partial charge in [0.15, 0.2) is 0 Å². The summed E-state index contributed by atoms with van der Waals surface area (Å²) in [5.41, 5.74) is 2.82. The lowest BCUT2D eigenvalue weighted by Gasteiger charge is -2.12. The maximum Gasteiger partial charge on any atom is 0.237 e. The first-order chi connectivity index (χ1) is 13.6. The number of nitrogens with one attached hydrogen (secondary N) is 1. The molecule has 0 aliphatic heterocycles. The summed E-state index contributed by atoms with van der Waals surface area (Å²) in [6, 6.07) is 16.5. The van der Waals surface area contributed by atoms with Crippen molar-refractivity contribution in [2.75, 3.05) is 5.32 Å². The van der Waals surface area contributed by atoms with Crippen molar-refractivity contribution in [1.82, 2.24) is 9.97 Å². The quantitative estimate of drug-likeness (QED) is 0.271. The number of amides is 1. The Kier molecular flexibility index (Phi) is 5.27. The molecule has 2 aromatic heterocycles. The van der Waals surface area contributed by atoms with E-state index >= 15 is 0 Å². The van der Waals surface area contributed by atoms with Gasteiger partial charge in [0.05, 0.1) is 10.6 Å². The molecular weight excluding hydrogens is 390 g/mol. The van der Waals surface area contributed by atoms with Crippen molar-refractivity contribution in [3.63, 3.8) is 0 Å². The van der Waals surface area contributed by atoms with E-state index in [0.29, 0.717) is 5.69 Å². The van der Waals surface area contributed by atoms with Crippen LogP contribution < -0.4 is 5.32 Å². The zero-order valence-electron chi connectivity index (χ0n) is 15.0. The molecule has 140 valence electrons. The van der Waals surface area contributed by atoms with Crippen LogP contribution in [0.25, 0.3) is 21.3 Å². The predicted molar refractivity (Wildman–Crippen MR) is 115 cm³/mol. The summed E-state index contributed by atoms with van der Waals surface area (Å²) in [6.07, 6.45) is 1.54. The predicted octanol–water partition coefficient (Wildman–Crippen LogP) is 5.18. The molecule has 1 atom stereocenters. The van der Waals surface area contributed by atoms with Gasteiger partial charge in [0, 0.05) is 16.6 Å². The molecule has 0 aliphatic rings. The molecular formula is C21H17N3O2S2. The Morgan fingerprint density at radius 3 is 2.61 bits per heavy atom. The van der Waals surface area contributed by atoms with Crippen LogP contribution in [0.15, 0.2) is 71.3 Å². The summed E-state index contributed by atoms with van der Waals surface area (Å²) in [5.74, 6) is 0.0358. The number of anilines is 1. The molecule has 0 spiro atoms. The van der Waals surface area contributed by atoms with Gasteiger partial charge in [-0.3, -0.25) is 4.79 Å². The SMILES string of the molecule is CC(Sc1ncnc2scc(-c3ccccc3)c12)C(=O)Nc1ccc(O)cc1. The second kappa shape index (κ2) is 8.00. The number of phenols is 1. The number of benzene rings is 2. The zero-order chi connectivity index (χ0) is 19.5. The van der Waals surface area contributed by atoms with E-state index in [4.69, 9.17) is 0 Å². The number of fused-ring (bicyclic) bond motifs is 1. The molecule has 0 fully saturated rings.